The number of hydrogen-bond donors (Lipinski definition) is 0. The third kappa shape index (κ3) is 24.1. The molecular weight excluding hydrogens is 456 g/mol. The highest BCUT2D eigenvalue weighted by molar-refractivity contribution is 6.74. The lowest BCUT2D eigenvalue weighted by Gasteiger charge is -2.36. The maximum absolute atomic E-state index is 6.09. The van der Waals surface area contributed by atoms with Gasteiger partial charge in [-0.15, -0.1) is 0 Å². The molecule has 0 rings (SSSR count). The molecule has 0 radical (unpaired) electrons. The van der Waals surface area contributed by atoms with E-state index in [0.29, 0.717) is 52.9 Å². The Labute approximate surface area is 220 Å². The molecule has 0 bridgehead atoms. The van der Waals surface area contributed by atoms with E-state index < -0.39 is 8.32 Å². The Balaban J connectivity index is 3.14. The molecule has 0 aliphatic heterocycles. The molecule has 0 atom stereocenters. The second-order valence-corrected chi connectivity index (χ2v) is 16.1. The first kappa shape index (κ1) is 35.0. The van der Waals surface area contributed by atoms with E-state index in [9.17, 15) is 0 Å². The molecule has 0 spiro atoms. The smallest absolute Gasteiger partial charge is 0.192 e. The number of ether oxygens (including phenoxy) is 4. The number of rotatable bonds is 27. The van der Waals surface area contributed by atoms with Gasteiger partial charge in [0.25, 0.3) is 0 Å². The van der Waals surface area contributed by atoms with E-state index in [1.165, 1.54) is 83.5 Å². The van der Waals surface area contributed by atoms with E-state index in [4.69, 9.17) is 23.4 Å². The van der Waals surface area contributed by atoms with Crippen molar-refractivity contribution in [3.8, 4) is 0 Å². The van der Waals surface area contributed by atoms with Crippen LogP contribution in [-0.4, -0.2) is 67.8 Å². The van der Waals surface area contributed by atoms with Crippen LogP contribution >= 0.6 is 0 Å². The Morgan fingerprint density at radius 3 is 1.11 bits per heavy atom. The minimum Gasteiger partial charge on any atom is -0.414 e. The van der Waals surface area contributed by atoms with Gasteiger partial charge in [-0.3, -0.25) is 0 Å². The van der Waals surface area contributed by atoms with Gasteiger partial charge in [-0.1, -0.05) is 105 Å². The van der Waals surface area contributed by atoms with E-state index in [1.807, 2.05) is 0 Å². The van der Waals surface area contributed by atoms with Crippen molar-refractivity contribution in [2.75, 3.05) is 59.5 Å². The van der Waals surface area contributed by atoms with Gasteiger partial charge in [0.1, 0.15) is 0 Å². The topological polar surface area (TPSA) is 46.2 Å². The summed E-state index contributed by atoms with van der Waals surface area (Å²) in [5, 5.41) is 0.243. The van der Waals surface area contributed by atoms with Crippen molar-refractivity contribution in [1.29, 1.82) is 0 Å². The molecule has 0 aromatic carbocycles. The molecule has 0 unspecified atom stereocenters. The van der Waals surface area contributed by atoms with Crippen LogP contribution in [0.4, 0.5) is 0 Å². The van der Waals surface area contributed by atoms with Gasteiger partial charge in [0, 0.05) is 6.61 Å². The summed E-state index contributed by atoms with van der Waals surface area (Å²) in [4.78, 5) is 0. The van der Waals surface area contributed by atoms with Crippen LogP contribution in [0, 0.1) is 0 Å². The summed E-state index contributed by atoms with van der Waals surface area (Å²) in [6.07, 6.45) is 18.0. The van der Waals surface area contributed by atoms with Gasteiger partial charge >= 0.3 is 0 Å². The van der Waals surface area contributed by atoms with Crippen LogP contribution < -0.4 is 0 Å². The fraction of sp³-hybridized carbons (Fsp3) is 1.00. The molecule has 212 valence electrons. The van der Waals surface area contributed by atoms with Crippen LogP contribution in [0.25, 0.3) is 0 Å². The Morgan fingerprint density at radius 2 is 0.743 bits per heavy atom. The lowest BCUT2D eigenvalue weighted by molar-refractivity contribution is -0.00530. The largest absolute Gasteiger partial charge is 0.414 e. The Kier molecular flexibility index (Phi) is 24.4. The summed E-state index contributed by atoms with van der Waals surface area (Å²) < 4.78 is 28.5. The lowest BCUT2D eigenvalue weighted by Crippen LogP contribution is -2.41. The summed E-state index contributed by atoms with van der Waals surface area (Å²) in [5.74, 6) is 0. The second kappa shape index (κ2) is 24.4. The fourth-order valence-electron chi connectivity index (χ4n) is 3.56. The van der Waals surface area contributed by atoms with Gasteiger partial charge < -0.3 is 23.4 Å². The minimum atomic E-state index is -1.66. The van der Waals surface area contributed by atoms with Gasteiger partial charge in [-0.25, -0.2) is 0 Å². The molecule has 0 N–H and O–H groups in total. The van der Waals surface area contributed by atoms with Crippen molar-refractivity contribution in [3.63, 3.8) is 0 Å². The quantitative estimate of drug-likeness (QED) is 0.0810. The summed E-state index contributed by atoms with van der Waals surface area (Å²) >= 11 is 0. The average molecular weight is 519 g/mol. The molecule has 0 heterocycles. The van der Waals surface area contributed by atoms with Crippen LogP contribution in [0.1, 0.15) is 111 Å². The molecule has 0 aromatic heterocycles. The zero-order valence-corrected chi connectivity index (χ0v) is 25.6. The van der Waals surface area contributed by atoms with E-state index in [-0.39, 0.29) is 5.04 Å². The van der Waals surface area contributed by atoms with E-state index >= 15 is 0 Å². The Bertz CT molecular complexity index is 426. The highest BCUT2D eigenvalue weighted by Gasteiger charge is 2.36. The fourth-order valence-corrected chi connectivity index (χ4v) is 4.58. The molecule has 5 nitrogen and oxygen atoms in total. The third-order valence-electron chi connectivity index (χ3n) is 7.01. The number of unbranched alkanes of at least 4 members (excludes halogenated alkanes) is 12. The van der Waals surface area contributed by atoms with Crippen LogP contribution in [0.3, 0.4) is 0 Å². The summed E-state index contributed by atoms with van der Waals surface area (Å²) in [7, 11) is -1.66. The highest BCUT2D eigenvalue weighted by atomic mass is 28.4. The Hall–Kier alpha value is 0.0169. The molecule has 0 aromatic rings. The normalized spacial score (nSPS) is 12.5. The standard InChI is InChI=1S/C29H62O5Si/c1-7-8-9-10-11-12-13-14-15-16-17-18-19-20-30-21-22-31-23-24-32-25-26-33-27-28-34-35(5,6)29(2,3)4/h7-28H2,1-6H3. The summed E-state index contributed by atoms with van der Waals surface area (Å²) in [6.45, 7) is 19.4. The van der Waals surface area contributed by atoms with Crippen molar-refractivity contribution in [1.82, 2.24) is 0 Å². The summed E-state index contributed by atoms with van der Waals surface area (Å²) in [5.41, 5.74) is 0. The zero-order valence-electron chi connectivity index (χ0n) is 24.6. The molecule has 0 aliphatic carbocycles. The highest BCUT2D eigenvalue weighted by Crippen LogP contribution is 2.36. The van der Waals surface area contributed by atoms with Crippen LogP contribution in [0.2, 0.25) is 18.1 Å². The molecule has 35 heavy (non-hydrogen) atoms. The molecule has 0 saturated carbocycles. The SMILES string of the molecule is CCCCCCCCCCCCCCCOCCOCCOCCOCCO[Si](C)(C)C(C)(C)C. The lowest BCUT2D eigenvalue weighted by atomic mass is 10.0. The molecule has 0 amide bonds. The predicted octanol–water partition coefficient (Wildman–Crippen LogP) is 8.17. The van der Waals surface area contributed by atoms with Crippen LogP contribution in [0.5, 0.6) is 0 Å². The third-order valence-corrected chi connectivity index (χ3v) is 11.5. The van der Waals surface area contributed by atoms with Gasteiger partial charge in [0.2, 0.25) is 0 Å². The first-order valence-corrected chi connectivity index (χ1v) is 17.7. The summed E-state index contributed by atoms with van der Waals surface area (Å²) in [6, 6.07) is 0. The second-order valence-electron chi connectivity index (χ2n) is 11.3. The Morgan fingerprint density at radius 1 is 0.429 bits per heavy atom. The van der Waals surface area contributed by atoms with Crippen LogP contribution in [-0.2, 0) is 23.4 Å². The molecule has 6 heteroatoms. The molecular formula is C29H62O5Si. The van der Waals surface area contributed by atoms with Crippen molar-refractivity contribution < 1.29 is 23.4 Å². The van der Waals surface area contributed by atoms with Gasteiger partial charge in [-0.05, 0) is 24.6 Å². The zero-order chi connectivity index (χ0) is 26.1. The first-order chi connectivity index (χ1) is 16.8. The van der Waals surface area contributed by atoms with Gasteiger partial charge in [0.05, 0.1) is 52.9 Å². The van der Waals surface area contributed by atoms with Crippen molar-refractivity contribution in [3.05, 3.63) is 0 Å². The number of hydrogen-bond acceptors (Lipinski definition) is 5. The van der Waals surface area contributed by atoms with E-state index in [2.05, 4.69) is 40.8 Å². The maximum atomic E-state index is 6.09. The monoisotopic (exact) mass is 518 g/mol. The van der Waals surface area contributed by atoms with Crippen LogP contribution in [0.15, 0.2) is 0 Å². The molecule has 0 aliphatic rings. The van der Waals surface area contributed by atoms with E-state index in [0.717, 1.165) is 6.61 Å². The van der Waals surface area contributed by atoms with Gasteiger partial charge in [-0.2, -0.15) is 0 Å². The van der Waals surface area contributed by atoms with Crippen molar-refractivity contribution in [2.24, 2.45) is 0 Å². The maximum Gasteiger partial charge on any atom is 0.192 e. The minimum absolute atomic E-state index is 0.243. The van der Waals surface area contributed by atoms with E-state index in [1.54, 1.807) is 0 Å². The molecule has 0 saturated heterocycles. The predicted molar refractivity (Wildman–Crippen MR) is 152 cm³/mol. The molecule has 0 fully saturated rings. The van der Waals surface area contributed by atoms with Gasteiger partial charge in [0.15, 0.2) is 8.32 Å². The average Bonchev–Trinajstić information content (AvgIpc) is 2.80. The first-order valence-electron chi connectivity index (χ1n) is 14.8. The van der Waals surface area contributed by atoms with Crippen molar-refractivity contribution >= 4 is 8.32 Å². The van der Waals surface area contributed by atoms with Crippen molar-refractivity contribution in [2.45, 2.75) is 129 Å².